The molecule has 8 heteroatoms. The van der Waals surface area contributed by atoms with E-state index in [1.807, 2.05) is 19.1 Å². The molecule has 5 nitrogen and oxygen atoms in total. The van der Waals surface area contributed by atoms with Gasteiger partial charge in [0.05, 0.1) is 5.69 Å². The zero-order valence-corrected chi connectivity index (χ0v) is 19.6. The van der Waals surface area contributed by atoms with Gasteiger partial charge in [-0.15, -0.1) is 11.3 Å². The van der Waals surface area contributed by atoms with Crippen molar-refractivity contribution in [3.05, 3.63) is 101 Å². The van der Waals surface area contributed by atoms with E-state index in [2.05, 4.69) is 5.32 Å². The van der Waals surface area contributed by atoms with Gasteiger partial charge in [-0.1, -0.05) is 42.5 Å². The number of thiophene rings is 1. The summed E-state index contributed by atoms with van der Waals surface area (Å²) in [7, 11) is -2.72. The van der Waals surface area contributed by atoms with Crippen LogP contribution in [0.5, 0.6) is 0 Å². The zero-order chi connectivity index (χ0) is 23.6. The Labute approximate surface area is 196 Å². The van der Waals surface area contributed by atoms with E-state index in [1.165, 1.54) is 25.2 Å². The molecule has 4 aromatic rings. The van der Waals surface area contributed by atoms with Crippen molar-refractivity contribution in [2.24, 2.45) is 0 Å². The van der Waals surface area contributed by atoms with Crippen molar-refractivity contribution in [1.29, 1.82) is 0 Å². The van der Waals surface area contributed by atoms with Gasteiger partial charge in [0.25, 0.3) is 15.9 Å². The third-order valence-electron chi connectivity index (χ3n) is 5.10. The maximum atomic E-state index is 14.0. The van der Waals surface area contributed by atoms with E-state index in [4.69, 9.17) is 0 Å². The summed E-state index contributed by atoms with van der Waals surface area (Å²) >= 11 is 1.01. The molecule has 4 rings (SSSR count). The van der Waals surface area contributed by atoms with Crippen LogP contribution < -0.4 is 9.62 Å². The second-order valence-corrected chi connectivity index (χ2v) is 10.2. The first-order chi connectivity index (χ1) is 15.8. The summed E-state index contributed by atoms with van der Waals surface area (Å²) < 4.78 is 42.8. The molecule has 0 radical (unpaired) electrons. The van der Waals surface area contributed by atoms with Crippen LogP contribution in [-0.2, 0) is 10.0 Å². The van der Waals surface area contributed by atoms with Crippen molar-refractivity contribution >= 4 is 38.6 Å². The molecule has 0 saturated heterocycles. The van der Waals surface area contributed by atoms with E-state index in [9.17, 15) is 17.6 Å². The van der Waals surface area contributed by atoms with Crippen LogP contribution in [0.25, 0.3) is 11.1 Å². The lowest BCUT2D eigenvalue weighted by Crippen LogP contribution is -2.28. The lowest BCUT2D eigenvalue weighted by atomic mass is 10.1. The smallest absolute Gasteiger partial charge is 0.267 e. The number of nitrogens with one attached hydrogen (secondary N) is 1. The number of carbonyl (C=O) groups excluding carboxylic acids is 1. The van der Waals surface area contributed by atoms with Gasteiger partial charge in [0.2, 0.25) is 0 Å². The average Bonchev–Trinajstić information content (AvgIpc) is 3.26. The fourth-order valence-corrected chi connectivity index (χ4v) is 6.27. The normalized spacial score (nSPS) is 11.2. The molecular weight excluding hydrogens is 459 g/mol. The predicted octanol–water partition coefficient (Wildman–Crippen LogP) is 5.94. The maximum Gasteiger partial charge on any atom is 0.267 e. The molecule has 0 bridgehead atoms. The maximum absolute atomic E-state index is 14.0. The zero-order valence-electron chi connectivity index (χ0n) is 17.9. The van der Waals surface area contributed by atoms with Crippen LogP contribution in [0.1, 0.15) is 15.2 Å². The Morgan fingerprint density at radius 1 is 0.970 bits per heavy atom. The predicted molar refractivity (Wildman–Crippen MR) is 131 cm³/mol. The van der Waals surface area contributed by atoms with Crippen molar-refractivity contribution in [3.63, 3.8) is 0 Å². The Balaban J connectivity index is 1.86. The molecule has 168 valence electrons. The first-order valence-corrected chi connectivity index (χ1v) is 12.4. The van der Waals surface area contributed by atoms with E-state index >= 15 is 0 Å². The highest BCUT2D eigenvalue weighted by Gasteiger charge is 2.33. The standard InChI is InChI=1S/C25H21FN2O3S2/c1-17-8-6-13-21(14-17)28(2)33(30,31)24-22(18-9-7-10-19(26)15-18)16-32-23(24)25(29)27-20-11-4-3-5-12-20/h3-16H,1-2H3,(H,27,29). The molecule has 1 N–H and O–H groups in total. The third-order valence-corrected chi connectivity index (χ3v) is 8.08. The van der Waals surface area contributed by atoms with Crippen LogP contribution in [0.3, 0.4) is 0 Å². The summed E-state index contributed by atoms with van der Waals surface area (Å²) in [6, 6.07) is 21.5. The van der Waals surface area contributed by atoms with Crippen molar-refractivity contribution < 1.29 is 17.6 Å². The molecule has 1 heterocycles. The summed E-state index contributed by atoms with van der Waals surface area (Å²) in [5.74, 6) is -1.05. The molecular formula is C25H21FN2O3S2. The number of halogens is 1. The average molecular weight is 481 g/mol. The summed E-state index contributed by atoms with van der Waals surface area (Å²) in [4.78, 5) is 13.0. The monoisotopic (exact) mass is 480 g/mol. The van der Waals surface area contributed by atoms with Gasteiger partial charge in [-0.25, -0.2) is 12.8 Å². The SMILES string of the molecule is Cc1cccc(N(C)S(=O)(=O)c2c(-c3cccc(F)c3)csc2C(=O)Nc2ccccc2)c1. The van der Waals surface area contributed by atoms with Gasteiger partial charge in [0, 0.05) is 23.7 Å². The van der Waals surface area contributed by atoms with Crippen LogP contribution in [0.2, 0.25) is 0 Å². The van der Waals surface area contributed by atoms with Crippen LogP contribution in [0.4, 0.5) is 15.8 Å². The number of sulfonamides is 1. The number of amides is 1. The van der Waals surface area contributed by atoms with Crippen molar-refractivity contribution in [1.82, 2.24) is 0 Å². The van der Waals surface area contributed by atoms with E-state index in [-0.39, 0.29) is 15.3 Å². The number of anilines is 2. The second kappa shape index (κ2) is 9.17. The Kier molecular flexibility index (Phi) is 6.31. The van der Waals surface area contributed by atoms with Gasteiger partial charge in [0.15, 0.2) is 0 Å². The highest BCUT2D eigenvalue weighted by molar-refractivity contribution is 7.93. The number of para-hydroxylation sites is 1. The molecule has 3 aromatic carbocycles. The van der Waals surface area contributed by atoms with E-state index in [0.717, 1.165) is 21.2 Å². The molecule has 0 fully saturated rings. The summed E-state index contributed by atoms with van der Waals surface area (Å²) in [5, 5.41) is 4.32. The molecule has 33 heavy (non-hydrogen) atoms. The number of nitrogens with zero attached hydrogens (tertiary/aromatic N) is 1. The molecule has 0 atom stereocenters. The molecule has 0 saturated carbocycles. The molecule has 0 unspecified atom stereocenters. The van der Waals surface area contributed by atoms with E-state index < -0.39 is 21.7 Å². The van der Waals surface area contributed by atoms with Crippen LogP contribution >= 0.6 is 11.3 Å². The van der Waals surface area contributed by atoms with Gasteiger partial charge >= 0.3 is 0 Å². The lowest BCUT2D eigenvalue weighted by molar-refractivity contribution is 0.102. The number of hydrogen-bond acceptors (Lipinski definition) is 4. The largest absolute Gasteiger partial charge is 0.321 e. The molecule has 1 aromatic heterocycles. The van der Waals surface area contributed by atoms with Crippen LogP contribution in [0.15, 0.2) is 89.1 Å². The number of hydrogen-bond donors (Lipinski definition) is 1. The van der Waals surface area contributed by atoms with Gasteiger partial charge < -0.3 is 5.32 Å². The molecule has 0 aliphatic carbocycles. The Morgan fingerprint density at radius 3 is 2.39 bits per heavy atom. The number of aryl methyl sites for hydroxylation is 1. The van der Waals surface area contributed by atoms with Crippen LogP contribution in [0, 0.1) is 12.7 Å². The highest BCUT2D eigenvalue weighted by Crippen LogP contribution is 2.38. The fourth-order valence-electron chi connectivity index (χ4n) is 3.42. The third kappa shape index (κ3) is 4.67. The molecule has 0 aliphatic rings. The van der Waals surface area contributed by atoms with E-state index in [1.54, 1.807) is 53.9 Å². The lowest BCUT2D eigenvalue weighted by Gasteiger charge is -2.21. The fraction of sp³-hybridized carbons (Fsp3) is 0.0800. The highest BCUT2D eigenvalue weighted by atomic mass is 32.2. The first kappa shape index (κ1) is 22.7. The van der Waals surface area contributed by atoms with Gasteiger partial charge in [-0.05, 0) is 54.4 Å². The van der Waals surface area contributed by atoms with E-state index in [0.29, 0.717) is 16.9 Å². The summed E-state index contributed by atoms with van der Waals surface area (Å²) in [6.07, 6.45) is 0. The van der Waals surface area contributed by atoms with Crippen molar-refractivity contribution in [2.45, 2.75) is 11.8 Å². The minimum atomic E-state index is -4.16. The Bertz CT molecular complexity index is 1420. The Morgan fingerprint density at radius 2 is 1.70 bits per heavy atom. The van der Waals surface area contributed by atoms with Gasteiger partial charge in [-0.2, -0.15) is 0 Å². The molecule has 0 aliphatic heterocycles. The number of benzene rings is 3. The minimum absolute atomic E-state index is 0.0256. The quantitative estimate of drug-likeness (QED) is 0.371. The number of rotatable bonds is 6. The summed E-state index contributed by atoms with van der Waals surface area (Å²) in [6.45, 7) is 1.87. The Hall–Kier alpha value is -3.49. The topological polar surface area (TPSA) is 66.5 Å². The summed E-state index contributed by atoms with van der Waals surface area (Å²) in [5.41, 5.74) is 2.55. The first-order valence-electron chi connectivity index (χ1n) is 10.1. The minimum Gasteiger partial charge on any atom is -0.321 e. The second-order valence-electron chi connectivity index (χ2n) is 7.45. The van der Waals surface area contributed by atoms with Crippen molar-refractivity contribution in [2.75, 3.05) is 16.7 Å². The molecule has 1 amide bonds. The number of carbonyl (C=O) groups is 1. The van der Waals surface area contributed by atoms with Gasteiger partial charge in [0.1, 0.15) is 15.6 Å². The van der Waals surface area contributed by atoms with Crippen LogP contribution in [-0.4, -0.2) is 21.4 Å². The van der Waals surface area contributed by atoms with Crippen molar-refractivity contribution in [3.8, 4) is 11.1 Å². The van der Waals surface area contributed by atoms with Gasteiger partial charge in [-0.3, -0.25) is 9.10 Å². The molecule has 0 spiro atoms.